The van der Waals surface area contributed by atoms with E-state index in [2.05, 4.69) is 22.2 Å². The van der Waals surface area contributed by atoms with Gasteiger partial charge in [0.1, 0.15) is 11.1 Å². The lowest BCUT2D eigenvalue weighted by atomic mass is 10.4. The molecule has 0 saturated carbocycles. The van der Waals surface area contributed by atoms with Crippen molar-refractivity contribution in [3.05, 3.63) is 16.1 Å². The molecule has 1 unspecified atom stereocenters. The number of hydrogen-bond acceptors (Lipinski definition) is 5. The molecule has 1 N–H and O–H groups in total. The fraction of sp³-hybridized carbons (Fsp3) is 0.727. The minimum Gasteiger partial charge on any atom is -0.395 e. The summed E-state index contributed by atoms with van der Waals surface area (Å²) in [5.74, 6) is 0. The molecule has 1 aromatic heterocycles. The highest BCUT2D eigenvalue weighted by Gasteiger charge is 2.11. The molecule has 0 aliphatic carbocycles. The summed E-state index contributed by atoms with van der Waals surface area (Å²) in [6.07, 6.45) is 0.0617. The quantitative estimate of drug-likeness (QED) is 0.792. The van der Waals surface area contributed by atoms with Gasteiger partial charge in [-0.1, -0.05) is 6.92 Å². The van der Waals surface area contributed by atoms with Gasteiger partial charge in [0.2, 0.25) is 0 Å². The summed E-state index contributed by atoms with van der Waals surface area (Å²) >= 11 is 1.63. The molecule has 0 fully saturated rings. The Morgan fingerprint density at radius 3 is 2.94 bits per heavy atom. The SMILES string of the molecule is CCN(CCO)Cc1csc(C(C)OC)n1. The Morgan fingerprint density at radius 2 is 2.38 bits per heavy atom. The van der Waals surface area contributed by atoms with Crippen molar-refractivity contribution in [1.29, 1.82) is 0 Å². The highest BCUT2D eigenvalue weighted by molar-refractivity contribution is 7.09. The van der Waals surface area contributed by atoms with Crippen molar-refractivity contribution >= 4 is 11.3 Å². The molecule has 0 saturated heterocycles. The maximum absolute atomic E-state index is 8.90. The molecule has 0 bridgehead atoms. The summed E-state index contributed by atoms with van der Waals surface area (Å²) in [5.41, 5.74) is 1.05. The van der Waals surface area contributed by atoms with Crippen LogP contribution in [0.25, 0.3) is 0 Å². The molecule has 1 aromatic rings. The van der Waals surface area contributed by atoms with Gasteiger partial charge in [-0.25, -0.2) is 4.98 Å². The van der Waals surface area contributed by atoms with Crippen LogP contribution in [0.1, 0.15) is 30.7 Å². The maximum Gasteiger partial charge on any atom is 0.122 e. The first-order valence-electron chi connectivity index (χ1n) is 5.51. The lowest BCUT2D eigenvalue weighted by Crippen LogP contribution is -2.26. The molecule has 0 aromatic carbocycles. The Hall–Kier alpha value is -0.490. The summed E-state index contributed by atoms with van der Waals surface area (Å²) in [6, 6.07) is 0. The second kappa shape index (κ2) is 6.96. The van der Waals surface area contributed by atoms with Crippen molar-refractivity contribution in [3.63, 3.8) is 0 Å². The molecule has 0 aliphatic rings. The van der Waals surface area contributed by atoms with Crippen LogP contribution in [-0.4, -0.2) is 41.8 Å². The molecule has 1 rings (SSSR count). The van der Waals surface area contributed by atoms with Crippen LogP contribution in [0.2, 0.25) is 0 Å². The normalized spacial score (nSPS) is 13.3. The van der Waals surface area contributed by atoms with Gasteiger partial charge in [-0.15, -0.1) is 11.3 Å². The van der Waals surface area contributed by atoms with Gasteiger partial charge in [-0.3, -0.25) is 4.90 Å². The van der Waals surface area contributed by atoms with Gasteiger partial charge in [-0.2, -0.15) is 0 Å². The van der Waals surface area contributed by atoms with Crippen LogP contribution >= 0.6 is 11.3 Å². The van der Waals surface area contributed by atoms with E-state index in [9.17, 15) is 0 Å². The molecule has 0 aliphatic heterocycles. The van der Waals surface area contributed by atoms with E-state index < -0.39 is 0 Å². The zero-order valence-electron chi connectivity index (χ0n) is 10.1. The van der Waals surface area contributed by atoms with E-state index in [-0.39, 0.29) is 12.7 Å². The Morgan fingerprint density at radius 1 is 1.62 bits per heavy atom. The van der Waals surface area contributed by atoms with E-state index in [1.165, 1.54) is 0 Å². The summed E-state index contributed by atoms with van der Waals surface area (Å²) in [7, 11) is 1.69. The maximum atomic E-state index is 8.90. The summed E-state index contributed by atoms with van der Waals surface area (Å²) < 4.78 is 5.22. The largest absolute Gasteiger partial charge is 0.395 e. The molecule has 92 valence electrons. The van der Waals surface area contributed by atoms with Crippen LogP contribution in [0.4, 0.5) is 0 Å². The number of nitrogens with zero attached hydrogens (tertiary/aromatic N) is 2. The second-order valence-electron chi connectivity index (χ2n) is 3.65. The molecule has 1 heterocycles. The first kappa shape index (κ1) is 13.6. The lowest BCUT2D eigenvalue weighted by Gasteiger charge is -2.17. The van der Waals surface area contributed by atoms with Gasteiger partial charge < -0.3 is 9.84 Å². The number of methoxy groups -OCH3 is 1. The van der Waals surface area contributed by atoms with E-state index in [0.717, 1.165) is 23.8 Å². The minimum absolute atomic E-state index is 0.0617. The number of rotatable bonds is 7. The van der Waals surface area contributed by atoms with Crippen molar-refractivity contribution in [1.82, 2.24) is 9.88 Å². The number of likely N-dealkylation sites (N-methyl/N-ethyl adjacent to an activating group) is 1. The number of thiazole rings is 1. The van der Waals surface area contributed by atoms with Crippen LogP contribution < -0.4 is 0 Å². The smallest absolute Gasteiger partial charge is 0.122 e. The molecule has 16 heavy (non-hydrogen) atoms. The van der Waals surface area contributed by atoms with Crippen LogP contribution in [-0.2, 0) is 11.3 Å². The summed E-state index contributed by atoms with van der Waals surface area (Å²) in [4.78, 5) is 6.68. The second-order valence-corrected chi connectivity index (χ2v) is 4.54. The van der Waals surface area contributed by atoms with E-state index >= 15 is 0 Å². The fourth-order valence-corrected chi connectivity index (χ4v) is 2.24. The van der Waals surface area contributed by atoms with E-state index in [0.29, 0.717) is 6.54 Å². The Labute approximate surface area is 101 Å². The third-order valence-corrected chi connectivity index (χ3v) is 3.57. The molecule has 4 nitrogen and oxygen atoms in total. The van der Waals surface area contributed by atoms with Crippen molar-refractivity contribution in [3.8, 4) is 0 Å². The zero-order chi connectivity index (χ0) is 12.0. The monoisotopic (exact) mass is 244 g/mol. The predicted molar refractivity (Wildman–Crippen MR) is 65.6 cm³/mol. The molecule has 0 amide bonds. The average Bonchev–Trinajstić information content (AvgIpc) is 2.76. The first-order chi connectivity index (χ1) is 7.71. The van der Waals surface area contributed by atoms with E-state index in [1.54, 1.807) is 18.4 Å². The topological polar surface area (TPSA) is 45.6 Å². The highest BCUT2D eigenvalue weighted by Crippen LogP contribution is 2.20. The van der Waals surface area contributed by atoms with Crippen LogP contribution in [0.15, 0.2) is 5.38 Å². The third kappa shape index (κ3) is 3.83. The summed E-state index contributed by atoms with van der Waals surface area (Å²) in [6.45, 7) is 6.69. The van der Waals surface area contributed by atoms with Gasteiger partial charge in [-0.05, 0) is 13.5 Å². The van der Waals surface area contributed by atoms with E-state index in [1.807, 2.05) is 6.92 Å². The molecular weight excluding hydrogens is 224 g/mol. The number of aliphatic hydroxyl groups excluding tert-OH is 1. The minimum atomic E-state index is 0.0617. The van der Waals surface area contributed by atoms with Crippen molar-refractivity contribution in [2.75, 3.05) is 26.8 Å². The first-order valence-corrected chi connectivity index (χ1v) is 6.39. The molecule has 5 heteroatoms. The Kier molecular flexibility index (Phi) is 5.90. The van der Waals surface area contributed by atoms with Crippen LogP contribution in [0.5, 0.6) is 0 Å². The van der Waals surface area contributed by atoms with Gasteiger partial charge in [0.15, 0.2) is 0 Å². The number of hydrogen-bond donors (Lipinski definition) is 1. The molecular formula is C11H20N2O2S. The zero-order valence-corrected chi connectivity index (χ0v) is 11.0. The van der Waals surface area contributed by atoms with Gasteiger partial charge in [0.05, 0.1) is 12.3 Å². The molecule has 0 spiro atoms. The van der Waals surface area contributed by atoms with Crippen molar-refractivity contribution < 1.29 is 9.84 Å². The van der Waals surface area contributed by atoms with Gasteiger partial charge >= 0.3 is 0 Å². The van der Waals surface area contributed by atoms with E-state index in [4.69, 9.17) is 9.84 Å². The number of aliphatic hydroxyl groups is 1. The van der Waals surface area contributed by atoms with Crippen LogP contribution in [0, 0.1) is 0 Å². The third-order valence-electron chi connectivity index (χ3n) is 2.52. The molecule has 1 atom stereocenters. The fourth-order valence-electron chi connectivity index (χ4n) is 1.40. The number of aromatic nitrogens is 1. The average molecular weight is 244 g/mol. The standard InChI is InChI=1S/C11H20N2O2S/c1-4-13(5-6-14)7-10-8-16-11(12-10)9(2)15-3/h8-9,14H,4-7H2,1-3H3. The highest BCUT2D eigenvalue weighted by atomic mass is 32.1. The van der Waals surface area contributed by atoms with Crippen LogP contribution in [0.3, 0.4) is 0 Å². The Bertz CT molecular complexity index is 304. The molecule has 0 radical (unpaired) electrons. The van der Waals surface area contributed by atoms with Crippen molar-refractivity contribution in [2.45, 2.75) is 26.5 Å². The Balaban J connectivity index is 2.56. The van der Waals surface area contributed by atoms with Gasteiger partial charge in [0, 0.05) is 25.6 Å². The number of ether oxygens (including phenoxy) is 1. The van der Waals surface area contributed by atoms with Crippen molar-refractivity contribution in [2.24, 2.45) is 0 Å². The predicted octanol–water partition coefficient (Wildman–Crippen LogP) is 1.66. The lowest BCUT2D eigenvalue weighted by molar-refractivity contribution is 0.119. The van der Waals surface area contributed by atoms with Gasteiger partial charge in [0.25, 0.3) is 0 Å². The summed E-state index contributed by atoms with van der Waals surface area (Å²) in [5, 5.41) is 12.0.